The van der Waals surface area contributed by atoms with Crippen molar-refractivity contribution >= 4 is 17.9 Å². The number of carboxylic acid groups (broad SMARTS) is 3. The van der Waals surface area contributed by atoms with Crippen molar-refractivity contribution in [2.45, 2.75) is 38.0 Å². The summed E-state index contributed by atoms with van der Waals surface area (Å²) in [5.41, 5.74) is 1.02. The lowest BCUT2D eigenvalue weighted by Crippen LogP contribution is -2.42. The predicted molar refractivity (Wildman–Crippen MR) is 130 cm³/mol. The van der Waals surface area contributed by atoms with E-state index in [1.165, 1.54) is 11.1 Å². The third-order valence-corrected chi connectivity index (χ3v) is 5.11. The monoisotopic (exact) mass is 495 g/mol. The molecular weight excluding hydrogens is 466 g/mol. The van der Waals surface area contributed by atoms with Gasteiger partial charge in [-0.3, -0.25) is 24.5 Å². The fourth-order valence-electron chi connectivity index (χ4n) is 3.33. The van der Waals surface area contributed by atoms with Crippen molar-refractivity contribution in [3.8, 4) is 0 Å². The molecule has 190 valence electrons. The van der Waals surface area contributed by atoms with Gasteiger partial charge in [-0.1, -0.05) is 36.4 Å². The largest absolute Gasteiger partial charge is 0.481 e. The number of rotatable bonds is 12. The Balaban J connectivity index is 0.000000302. The lowest BCUT2D eigenvalue weighted by Gasteiger charge is -2.22. The average Bonchev–Trinajstić information content (AvgIpc) is 2.84. The summed E-state index contributed by atoms with van der Waals surface area (Å²) < 4.78 is 0. The highest BCUT2D eigenvalue weighted by Crippen LogP contribution is 2.15. The quantitative estimate of drug-likeness (QED) is 0.294. The van der Waals surface area contributed by atoms with E-state index in [9.17, 15) is 14.4 Å². The molecule has 0 atom stereocenters. The van der Waals surface area contributed by atoms with Gasteiger partial charge in [0.15, 0.2) is 5.60 Å². The first-order valence-corrected chi connectivity index (χ1v) is 11.1. The van der Waals surface area contributed by atoms with Crippen LogP contribution in [0.4, 0.5) is 0 Å². The Morgan fingerprint density at radius 2 is 1.36 bits per heavy atom. The van der Waals surface area contributed by atoms with Crippen LogP contribution in [-0.4, -0.2) is 65.3 Å². The molecule has 3 rings (SSSR count). The van der Waals surface area contributed by atoms with Gasteiger partial charge >= 0.3 is 17.9 Å². The van der Waals surface area contributed by atoms with Gasteiger partial charge in [0, 0.05) is 38.2 Å². The molecule has 10 heteroatoms. The normalized spacial score (nSPS) is 10.8. The van der Waals surface area contributed by atoms with Crippen LogP contribution in [0.25, 0.3) is 0 Å². The SMILES string of the molecule is O=C(O)CC(O)(CC(=O)O)C(=O)O.c1ccc(CCN(Cc2ccncc2)Cc2ccccn2)cc1. The number of hydrogen-bond acceptors (Lipinski definition) is 7. The molecule has 0 bridgehead atoms. The molecule has 0 radical (unpaired) electrons. The van der Waals surface area contributed by atoms with Gasteiger partial charge in [-0.15, -0.1) is 0 Å². The molecule has 0 aliphatic carbocycles. The van der Waals surface area contributed by atoms with Gasteiger partial charge < -0.3 is 20.4 Å². The first-order chi connectivity index (χ1) is 17.2. The van der Waals surface area contributed by atoms with Gasteiger partial charge in [-0.05, 0) is 41.8 Å². The van der Waals surface area contributed by atoms with E-state index in [1.54, 1.807) is 0 Å². The zero-order chi connectivity index (χ0) is 26.4. The summed E-state index contributed by atoms with van der Waals surface area (Å²) in [4.78, 5) is 41.5. The van der Waals surface area contributed by atoms with E-state index >= 15 is 0 Å². The molecule has 0 fully saturated rings. The molecule has 0 amide bonds. The number of aromatic nitrogens is 2. The lowest BCUT2D eigenvalue weighted by atomic mass is 9.96. The molecule has 0 unspecified atom stereocenters. The second-order valence-corrected chi connectivity index (χ2v) is 8.10. The zero-order valence-corrected chi connectivity index (χ0v) is 19.6. The average molecular weight is 496 g/mol. The van der Waals surface area contributed by atoms with Crippen LogP contribution < -0.4 is 0 Å². The second-order valence-electron chi connectivity index (χ2n) is 8.10. The summed E-state index contributed by atoms with van der Waals surface area (Å²) in [6.45, 7) is 2.77. The van der Waals surface area contributed by atoms with E-state index in [1.807, 2.05) is 30.7 Å². The highest BCUT2D eigenvalue weighted by molar-refractivity contribution is 5.88. The lowest BCUT2D eigenvalue weighted by molar-refractivity contribution is -0.170. The minimum Gasteiger partial charge on any atom is -0.481 e. The Hall–Kier alpha value is -4.15. The van der Waals surface area contributed by atoms with Crippen LogP contribution in [0.1, 0.15) is 29.7 Å². The molecule has 4 N–H and O–H groups in total. The van der Waals surface area contributed by atoms with Gasteiger partial charge in [0.2, 0.25) is 0 Å². The summed E-state index contributed by atoms with van der Waals surface area (Å²) in [6, 6.07) is 20.9. The minimum atomic E-state index is -2.74. The molecule has 36 heavy (non-hydrogen) atoms. The molecule has 0 aliphatic rings. The molecule has 1 aromatic carbocycles. The molecular formula is C26H29N3O7. The fourth-order valence-corrected chi connectivity index (χ4v) is 3.33. The fraction of sp³-hybridized carbons (Fsp3) is 0.269. The smallest absolute Gasteiger partial charge is 0.336 e. The van der Waals surface area contributed by atoms with Crippen LogP contribution in [0.15, 0.2) is 79.3 Å². The van der Waals surface area contributed by atoms with E-state index in [-0.39, 0.29) is 0 Å². The van der Waals surface area contributed by atoms with Crippen LogP contribution in [0.2, 0.25) is 0 Å². The Labute approximate surface area is 208 Å². The molecule has 0 saturated heterocycles. The number of aliphatic carboxylic acids is 3. The number of carboxylic acids is 3. The number of hydrogen-bond donors (Lipinski definition) is 4. The topological polar surface area (TPSA) is 161 Å². The Kier molecular flexibility index (Phi) is 11.2. The van der Waals surface area contributed by atoms with Crippen molar-refractivity contribution in [1.82, 2.24) is 14.9 Å². The summed E-state index contributed by atoms with van der Waals surface area (Å²) in [7, 11) is 0. The van der Waals surface area contributed by atoms with Crippen LogP contribution >= 0.6 is 0 Å². The third-order valence-electron chi connectivity index (χ3n) is 5.11. The first kappa shape index (κ1) is 28.1. The van der Waals surface area contributed by atoms with Crippen molar-refractivity contribution in [1.29, 1.82) is 0 Å². The standard InChI is InChI=1S/C20H21N3.C6H8O7/c1-2-6-18(7-3-1)11-15-23(16-19-9-13-21-14-10-19)17-20-8-4-5-12-22-20;7-3(8)1-6(13,5(11)12)2-4(9)10/h1-10,12-14H,11,15-17H2;13H,1-2H2,(H,7,8)(H,9,10)(H,11,12). The van der Waals surface area contributed by atoms with E-state index in [0.29, 0.717) is 0 Å². The molecule has 10 nitrogen and oxygen atoms in total. The molecule has 2 heterocycles. The summed E-state index contributed by atoms with van der Waals surface area (Å²) >= 11 is 0. The number of carbonyl (C=O) groups is 3. The van der Waals surface area contributed by atoms with E-state index in [4.69, 9.17) is 20.4 Å². The molecule has 3 aromatic rings. The van der Waals surface area contributed by atoms with Gasteiger partial charge in [0.1, 0.15) is 0 Å². The highest BCUT2D eigenvalue weighted by atomic mass is 16.4. The maximum Gasteiger partial charge on any atom is 0.336 e. The summed E-state index contributed by atoms with van der Waals surface area (Å²) in [5.74, 6) is -5.02. The van der Waals surface area contributed by atoms with Crippen LogP contribution in [0, 0.1) is 0 Å². The van der Waals surface area contributed by atoms with E-state index in [2.05, 4.69) is 63.4 Å². The van der Waals surface area contributed by atoms with Gasteiger partial charge in [-0.25, -0.2) is 4.79 Å². The van der Waals surface area contributed by atoms with Gasteiger partial charge in [0.25, 0.3) is 0 Å². The molecule has 0 aliphatic heterocycles. The van der Waals surface area contributed by atoms with Crippen molar-refractivity contribution in [3.63, 3.8) is 0 Å². The molecule has 2 aromatic heterocycles. The maximum atomic E-state index is 10.3. The zero-order valence-electron chi connectivity index (χ0n) is 19.6. The minimum absolute atomic E-state index is 0.857. The van der Waals surface area contributed by atoms with Gasteiger partial charge in [0.05, 0.1) is 18.5 Å². The van der Waals surface area contributed by atoms with Crippen molar-refractivity contribution in [3.05, 3.63) is 96.1 Å². The second kappa shape index (κ2) is 14.3. The van der Waals surface area contributed by atoms with Gasteiger partial charge in [-0.2, -0.15) is 0 Å². The molecule has 0 saturated carbocycles. The maximum absolute atomic E-state index is 10.3. The number of pyridine rings is 2. The number of nitrogens with zero attached hydrogens (tertiary/aromatic N) is 3. The number of aliphatic hydroxyl groups is 1. The van der Waals surface area contributed by atoms with Crippen molar-refractivity contribution < 1.29 is 34.8 Å². The Morgan fingerprint density at radius 3 is 1.89 bits per heavy atom. The van der Waals surface area contributed by atoms with Crippen LogP contribution in [0.5, 0.6) is 0 Å². The third kappa shape index (κ3) is 10.4. The number of benzene rings is 1. The van der Waals surface area contributed by atoms with E-state index < -0.39 is 36.4 Å². The Morgan fingerprint density at radius 1 is 0.750 bits per heavy atom. The summed E-state index contributed by atoms with van der Waals surface area (Å²) in [5, 5.41) is 33.8. The molecule has 0 spiro atoms. The van der Waals surface area contributed by atoms with E-state index in [0.717, 1.165) is 31.7 Å². The van der Waals surface area contributed by atoms with Crippen molar-refractivity contribution in [2.75, 3.05) is 6.54 Å². The van der Waals surface area contributed by atoms with Crippen LogP contribution in [-0.2, 0) is 33.9 Å². The predicted octanol–water partition coefficient (Wildman–Crippen LogP) is 2.47. The van der Waals surface area contributed by atoms with Crippen molar-refractivity contribution in [2.24, 2.45) is 0 Å². The van der Waals surface area contributed by atoms with Crippen LogP contribution in [0.3, 0.4) is 0 Å². The Bertz CT molecular complexity index is 1040. The summed E-state index contributed by atoms with van der Waals surface area (Å²) in [6.07, 6.45) is 4.32. The highest BCUT2D eigenvalue weighted by Gasteiger charge is 2.40. The first-order valence-electron chi connectivity index (χ1n) is 11.1.